The highest BCUT2D eigenvalue weighted by Crippen LogP contribution is 2.20. The fourth-order valence-electron chi connectivity index (χ4n) is 2.16. The standard InChI is InChI=1S/C13H19N3O2/c14-9-3-4-11(13(15)17)12(8-9)16-6-5-10-2-1-7-18-10/h3-4,8,10,16H,1-2,5-7,14H2,(H2,15,17). The van der Waals surface area contributed by atoms with Gasteiger partial charge in [-0.25, -0.2) is 0 Å². The molecule has 1 aromatic carbocycles. The van der Waals surface area contributed by atoms with Crippen molar-refractivity contribution in [2.45, 2.75) is 25.4 Å². The number of ether oxygens (including phenoxy) is 1. The Hall–Kier alpha value is -1.75. The van der Waals surface area contributed by atoms with E-state index in [1.54, 1.807) is 18.2 Å². The minimum atomic E-state index is -0.449. The van der Waals surface area contributed by atoms with E-state index in [0.29, 0.717) is 23.0 Å². The Morgan fingerprint density at radius 3 is 3.00 bits per heavy atom. The monoisotopic (exact) mass is 249 g/mol. The maximum atomic E-state index is 11.3. The van der Waals surface area contributed by atoms with Crippen LogP contribution in [0.2, 0.25) is 0 Å². The van der Waals surface area contributed by atoms with Gasteiger partial charge in [0.1, 0.15) is 0 Å². The Morgan fingerprint density at radius 2 is 2.33 bits per heavy atom. The first-order valence-corrected chi connectivity index (χ1v) is 6.21. The van der Waals surface area contributed by atoms with Gasteiger partial charge in [0.25, 0.3) is 5.91 Å². The summed E-state index contributed by atoms with van der Waals surface area (Å²) in [6.07, 6.45) is 3.50. The van der Waals surface area contributed by atoms with E-state index in [-0.39, 0.29) is 0 Å². The Kier molecular flexibility index (Phi) is 4.04. The molecule has 1 unspecified atom stereocenters. The van der Waals surface area contributed by atoms with Crippen molar-refractivity contribution < 1.29 is 9.53 Å². The number of nitrogens with one attached hydrogen (secondary N) is 1. The molecule has 1 aromatic rings. The second-order valence-electron chi connectivity index (χ2n) is 4.52. The summed E-state index contributed by atoms with van der Waals surface area (Å²) >= 11 is 0. The van der Waals surface area contributed by atoms with Crippen LogP contribution in [0.1, 0.15) is 29.6 Å². The molecular weight excluding hydrogens is 230 g/mol. The zero-order chi connectivity index (χ0) is 13.0. The summed E-state index contributed by atoms with van der Waals surface area (Å²) in [4.78, 5) is 11.3. The van der Waals surface area contributed by atoms with Gasteiger partial charge in [0.15, 0.2) is 0 Å². The molecule has 5 nitrogen and oxygen atoms in total. The van der Waals surface area contributed by atoms with Crippen LogP contribution in [-0.2, 0) is 4.74 Å². The lowest BCUT2D eigenvalue weighted by molar-refractivity contribution is 0.100. The summed E-state index contributed by atoms with van der Waals surface area (Å²) in [7, 11) is 0. The number of hydrogen-bond donors (Lipinski definition) is 3. The van der Waals surface area contributed by atoms with Crippen molar-refractivity contribution in [3.63, 3.8) is 0 Å². The van der Waals surface area contributed by atoms with E-state index >= 15 is 0 Å². The number of hydrogen-bond acceptors (Lipinski definition) is 4. The fraction of sp³-hybridized carbons (Fsp3) is 0.462. The second-order valence-corrected chi connectivity index (χ2v) is 4.52. The third kappa shape index (κ3) is 3.13. The Labute approximate surface area is 106 Å². The predicted molar refractivity (Wildman–Crippen MR) is 71.5 cm³/mol. The van der Waals surface area contributed by atoms with Crippen LogP contribution in [0.5, 0.6) is 0 Å². The zero-order valence-corrected chi connectivity index (χ0v) is 10.3. The van der Waals surface area contributed by atoms with E-state index in [4.69, 9.17) is 16.2 Å². The molecule has 0 radical (unpaired) electrons. The van der Waals surface area contributed by atoms with Gasteiger partial charge in [0.2, 0.25) is 0 Å². The van der Waals surface area contributed by atoms with Crippen LogP contribution in [0, 0.1) is 0 Å². The summed E-state index contributed by atoms with van der Waals surface area (Å²) in [5.41, 5.74) is 12.8. The third-order valence-electron chi connectivity index (χ3n) is 3.11. The Balaban J connectivity index is 1.94. The molecule has 5 N–H and O–H groups in total. The number of nitrogen functional groups attached to an aromatic ring is 1. The number of primary amides is 1. The molecule has 1 fully saturated rings. The van der Waals surface area contributed by atoms with E-state index in [1.165, 1.54) is 0 Å². The normalized spacial score (nSPS) is 18.8. The van der Waals surface area contributed by atoms with E-state index in [2.05, 4.69) is 5.32 Å². The van der Waals surface area contributed by atoms with Crippen LogP contribution < -0.4 is 16.8 Å². The van der Waals surface area contributed by atoms with Gasteiger partial charge >= 0.3 is 0 Å². The molecule has 0 saturated carbocycles. The number of amides is 1. The number of carbonyl (C=O) groups excluding carboxylic acids is 1. The Bertz CT molecular complexity index is 428. The van der Waals surface area contributed by atoms with Crippen LogP contribution in [-0.4, -0.2) is 25.2 Å². The molecule has 98 valence electrons. The van der Waals surface area contributed by atoms with Crippen LogP contribution in [0.15, 0.2) is 18.2 Å². The third-order valence-corrected chi connectivity index (χ3v) is 3.11. The van der Waals surface area contributed by atoms with Crippen LogP contribution in [0.25, 0.3) is 0 Å². The SMILES string of the molecule is NC(=O)c1ccc(N)cc1NCCC1CCCO1. The van der Waals surface area contributed by atoms with Gasteiger partial charge in [0, 0.05) is 24.5 Å². The van der Waals surface area contributed by atoms with Gasteiger partial charge in [-0.15, -0.1) is 0 Å². The molecule has 1 heterocycles. The molecule has 5 heteroatoms. The molecule has 1 amide bonds. The molecular formula is C13H19N3O2. The topological polar surface area (TPSA) is 90.4 Å². The molecule has 0 aliphatic carbocycles. The van der Waals surface area contributed by atoms with Gasteiger partial charge in [0.05, 0.1) is 11.7 Å². The van der Waals surface area contributed by atoms with Crippen molar-refractivity contribution in [3.8, 4) is 0 Å². The molecule has 1 aliphatic rings. The van der Waals surface area contributed by atoms with Crippen molar-refractivity contribution >= 4 is 17.3 Å². The highest BCUT2D eigenvalue weighted by atomic mass is 16.5. The second kappa shape index (κ2) is 5.73. The van der Waals surface area contributed by atoms with Crippen molar-refractivity contribution in [3.05, 3.63) is 23.8 Å². The average Bonchev–Trinajstić information content (AvgIpc) is 2.82. The molecule has 2 rings (SSSR count). The minimum absolute atomic E-state index is 0.329. The number of rotatable bonds is 5. The summed E-state index contributed by atoms with van der Waals surface area (Å²) in [5, 5.41) is 3.20. The number of nitrogens with two attached hydrogens (primary N) is 2. The zero-order valence-electron chi connectivity index (χ0n) is 10.3. The number of benzene rings is 1. The van der Waals surface area contributed by atoms with Crippen LogP contribution in [0.3, 0.4) is 0 Å². The fourth-order valence-corrected chi connectivity index (χ4v) is 2.16. The molecule has 1 atom stereocenters. The van der Waals surface area contributed by atoms with Gasteiger partial charge in [-0.1, -0.05) is 0 Å². The van der Waals surface area contributed by atoms with Gasteiger partial charge < -0.3 is 21.5 Å². The summed E-state index contributed by atoms with van der Waals surface area (Å²) in [5.74, 6) is -0.449. The van der Waals surface area contributed by atoms with E-state index < -0.39 is 5.91 Å². The molecule has 0 bridgehead atoms. The molecule has 0 aromatic heterocycles. The largest absolute Gasteiger partial charge is 0.399 e. The van der Waals surface area contributed by atoms with Gasteiger partial charge in [-0.2, -0.15) is 0 Å². The molecule has 0 spiro atoms. The minimum Gasteiger partial charge on any atom is -0.399 e. The first-order valence-electron chi connectivity index (χ1n) is 6.21. The van der Waals surface area contributed by atoms with Crippen molar-refractivity contribution in [1.82, 2.24) is 0 Å². The van der Waals surface area contributed by atoms with Crippen molar-refractivity contribution in [1.29, 1.82) is 0 Å². The van der Waals surface area contributed by atoms with Crippen molar-refractivity contribution in [2.24, 2.45) is 5.73 Å². The van der Waals surface area contributed by atoms with Crippen LogP contribution >= 0.6 is 0 Å². The highest BCUT2D eigenvalue weighted by Gasteiger charge is 2.15. The Morgan fingerprint density at radius 1 is 1.50 bits per heavy atom. The highest BCUT2D eigenvalue weighted by molar-refractivity contribution is 5.99. The summed E-state index contributed by atoms with van der Waals surface area (Å²) in [6, 6.07) is 5.05. The maximum Gasteiger partial charge on any atom is 0.250 e. The van der Waals surface area contributed by atoms with Gasteiger partial charge in [-0.05, 0) is 37.5 Å². The first kappa shape index (κ1) is 12.7. The smallest absolute Gasteiger partial charge is 0.250 e. The molecule has 1 saturated heterocycles. The van der Waals surface area contributed by atoms with E-state index in [1.807, 2.05) is 0 Å². The number of carbonyl (C=O) groups is 1. The van der Waals surface area contributed by atoms with Gasteiger partial charge in [-0.3, -0.25) is 4.79 Å². The first-order chi connectivity index (χ1) is 8.66. The van der Waals surface area contributed by atoms with Crippen LogP contribution in [0.4, 0.5) is 11.4 Å². The lowest BCUT2D eigenvalue weighted by atomic mass is 10.1. The number of anilines is 2. The van der Waals surface area contributed by atoms with Crippen molar-refractivity contribution in [2.75, 3.05) is 24.2 Å². The average molecular weight is 249 g/mol. The quantitative estimate of drug-likeness (QED) is 0.687. The lowest BCUT2D eigenvalue weighted by Gasteiger charge is -2.13. The van der Waals surface area contributed by atoms with E-state index in [0.717, 1.165) is 32.4 Å². The molecule has 1 aliphatic heterocycles. The maximum absolute atomic E-state index is 11.3. The molecule has 18 heavy (non-hydrogen) atoms. The predicted octanol–water partition coefficient (Wildman–Crippen LogP) is 1.35. The lowest BCUT2D eigenvalue weighted by Crippen LogP contribution is -2.17. The van der Waals surface area contributed by atoms with E-state index in [9.17, 15) is 4.79 Å². The summed E-state index contributed by atoms with van der Waals surface area (Å²) < 4.78 is 5.54. The summed E-state index contributed by atoms with van der Waals surface area (Å²) in [6.45, 7) is 1.60.